The Balaban J connectivity index is 0.00000259. The minimum absolute atomic E-state index is 0. The molecule has 2 saturated heterocycles. The van der Waals surface area contributed by atoms with Crippen LogP contribution in [0.15, 0.2) is 54.1 Å². The van der Waals surface area contributed by atoms with E-state index in [0.717, 1.165) is 65.0 Å². The van der Waals surface area contributed by atoms with Crippen molar-refractivity contribution in [3.63, 3.8) is 0 Å². The van der Waals surface area contributed by atoms with Crippen LogP contribution in [-0.2, 0) is 4.79 Å². The molecule has 174 valence electrons. The summed E-state index contributed by atoms with van der Waals surface area (Å²) in [6, 6.07) is 17.6. The zero-order valence-electron chi connectivity index (χ0n) is 19.2. The molecule has 0 spiro atoms. The van der Waals surface area contributed by atoms with Crippen LogP contribution in [0.2, 0.25) is 0 Å². The number of piperidine rings is 2. The number of carbonyl (C=O) groups is 1. The molecule has 0 bridgehead atoms. The molecule has 1 amide bonds. The van der Waals surface area contributed by atoms with Crippen LogP contribution in [0.3, 0.4) is 0 Å². The quantitative estimate of drug-likeness (QED) is 0.610. The molecule has 1 aliphatic carbocycles. The van der Waals surface area contributed by atoms with E-state index in [-0.39, 0.29) is 24.2 Å². The summed E-state index contributed by atoms with van der Waals surface area (Å²) in [6.45, 7) is 6.43. The molecule has 3 aliphatic rings. The number of fused-ring (bicyclic) bond motifs is 2. The predicted molar refractivity (Wildman–Crippen MR) is 139 cm³/mol. The molecule has 2 N–H and O–H groups in total. The molecule has 0 unspecified atom stereocenters. The molecular formula is C28H34ClN3O. The SMILES string of the molecule is Cl.NC(=O)C1CCN(CCN2CCC(=C3c4ccccc4C=Cc4ccccc43)CC2)CC1. The third kappa shape index (κ3) is 5.24. The number of nitrogens with two attached hydrogens (primary N) is 1. The number of halogens is 1. The molecule has 0 atom stereocenters. The summed E-state index contributed by atoms with van der Waals surface area (Å²) in [5, 5.41) is 0. The smallest absolute Gasteiger partial charge is 0.220 e. The molecule has 33 heavy (non-hydrogen) atoms. The van der Waals surface area contributed by atoms with Crippen LogP contribution >= 0.6 is 12.4 Å². The second kappa shape index (κ2) is 10.7. The Labute approximate surface area is 203 Å². The summed E-state index contributed by atoms with van der Waals surface area (Å²) in [6.07, 6.45) is 8.61. The first kappa shape index (κ1) is 23.7. The third-order valence-corrected chi connectivity index (χ3v) is 7.44. The topological polar surface area (TPSA) is 49.6 Å². The number of rotatable bonds is 4. The van der Waals surface area contributed by atoms with Crippen LogP contribution in [0, 0.1) is 5.92 Å². The van der Waals surface area contributed by atoms with Crippen molar-refractivity contribution in [2.45, 2.75) is 25.7 Å². The Morgan fingerprint density at radius 1 is 0.788 bits per heavy atom. The molecule has 2 aliphatic heterocycles. The van der Waals surface area contributed by atoms with Crippen LogP contribution in [0.4, 0.5) is 0 Å². The zero-order chi connectivity index (χ0) is 21.9. The van der Waals surface area contributed by atoms with Gasteiger partial charge in [-0.2, -0.15) is 0 Å². The number of hydrogen-bond acceptors (Lipinski definition) is 3. The van der Waals surface area contributed by atoms with Gasteiger partial charge in [-0.25, -0.2) is 0 Å². The lowest BCUT2D eigenvalue weighted by Crippen LogP contribution is -2.43. The maximum Gasteiger partial charge on any atom is 0.220 e. The van der Waals surface area contributed by atoms with Crippen LogP contribution in [0.25, 0.3) is 17.7 Å². The van der Waals surface area contributed by atoms with E-state index in [0.29, 0.717) is 0 Å². The Bertz CT molecular complexity index is 991. The van der Waals surface area contributed by atoms with Gasteiger partial charge in [-0.15, -0.1) is 12.4 Å². The highest BCUT2D eigenvalue weighted by Gasteiger charge is 2.25. The Morgan fingerprint density at radius 2 is 1.27 bits per heavy atom. The maximum absolute atomic E-state index is 11.4. The van der Waals surface area contributed by atoms with Gasteiger partial charge in [0.05, 0.1) is 0 Å². The number of likely N-dealkylation sites (tertiary alicyclic amines) is 2. The molecule has 2 heterocycles. The molecule has 4 nitrogen and oxygen atoms in total. The fraction of sp³-hybridized carbons (Fsp3) is 0.393. The van der Waals surface area contributed by atoms with Crippen LogP contribution in [0.5, 0.6) is 0 Å². The van der Waals surface area contributed by atoms with Crippen molar-refractivity contribution < 1.29 is 4.79 Å². The fourth-order valence-corrected chi connectivity index (χ4v) is 5.47. The van der Waals surface area contributed by atoms with E-state index in [9.17, 15) is 4.79 Å². The minimum Gasteiger partial charge on any atom is -0.369 e. The predicted octanol–water partition coefficient (Wildman–Crippen LogP) is 4.69. The summed E-state index contributed by atoms with van der Waals surface area (Å²) < 4.78 is 0. The number of nitrogens with zero attached hydrogens (tertiary/aromatic N) is 2. The van der Waals surface area contributed by atoms with E-state index in [1.165, 1.54) is 27.8 Å². The molecule has 5 rings (SSSR count). The van der Waals surface area contributed by atoms with Crippen molar-refractivity contribution in [3.8, 4) is 0 Å². The number of amides is 1. The van der Waals surface area contributed by atoms with Crippen molar-refractivity contribution in [1.29, 1.82) is 0 Å². The zero-order valence-corrected chi connectivity index (χ0v) is 20.0. The van der Waals surface area contributed by atoms with Gasteiger partial charge < -0.3 is 15.5 Å². The minimum atomic E-state index is -0.127. The summed E-state index contributed by atoms with van der Waals surface area (Å²) in [7, 11) is 0. The van der Waals surface area contributed by atoms with E-state index in [1.807, 2.05) is 0 Å². The van der Waals surface area contributed by atoms with Crippen molar-refractivity contribution in [3.05, 3.63) is 76.4 Å². The van der Waals surface area contributed by atoms with Crippen molar-refractivity contribution >= 4 is 36.0 Å². The lowest BCUT2D eigenvalue weighted by Gasteiger charge is -2.34. The van der Waals surface area contributed by atoms with E-state index < -0.39 is 0 Å². The first-order chi connectivity index (χ1) is 15.7. The lowest BCUT2D eigenvalue weighted by atomic mass is 9.86. The van der Waals surface area contributed by atoms with Crippen molar-refractivity contribution in [2.24, 2.45) is 11.7 Å². The van der Waals surface area contributed by atoms with E-state index in [4.69, 9.17) is 5.73 Å². The standard InChI is InChI=1S/C28H33N3O.ClH/c29-28(32)24-13-17-31(18-14-24)20-19-30-15-11-23(12-16-30)27-25-7-3-1-5-21(25)9-10-22-6-2-4-8-26(22)27;/h1-10,24H,11-20H2,(H2,29,32);1H. The Morgan fingerprint density at radius 3 is 1.79 bits per heavy atom. The van der Waals surface area contributed by atoms with Gasteiger partial charge in [0.2, 0.25) is 5.91 Å². The number of carbonyl (C=O) groups excluding carboxylic acids is 1. The summed E-state index contributed by atoms with van der Waals surface area (Å²) in [4.78, 5) is 16.5. The van der Waals surface area contributed by atoms with Gasteiger partial charge in [0.15, 0.2) is 0 Å². The third-order valence-electron chi connectivity index (χ3n) is 7.44. The van der Waals surface area contributed by atoms with Crippen molar-refractivity contribution in [1.82, 2.24) is 9.80 Å². The average molecular weight is 464 g/mol. The van der Waals surface area contributed by atoms with Gasteiger partial charge in [-0.05, 0) is 66.6 Å². The van der Waals surface area contributed by atoms with Crippen molar-refractivity contribution in [2.75, 3.05) is 39.3 Å². The molecule has 5 heteroatoms. The Kier molecular flexibility index (Phi) is 7.69. The van der Waals surface area contributed by atoms with Gasteiger partial charge in [0, 0.05) is 32.1 Å². The van der Waals surface area contributed by atoms with Crippen LogP contribution < -0.4 is 5.73 Å². The Hall–Kier alpha value is -2.40. The molecule has 2 fully saturated rings. The highest BCUT2D eigenvalue weighted by molar-refractivity contribution is 5.94. The number of primary amides is 1. The van der Waals surface area contributed by atoms with Crippen LogP contribution in [0.1, 0.15) is 47.9 Å². The molecule has 0 radical (unpaired) electrons. The molecule has 2 aromatic carbocycles. The second-order valence-corrected chi connectivity index (χ2v) is 9.35. The van der Waals surface area contributed by atoms with Gasteiger partial charge in [-0.3, -0.25) is 4.79 Å². The van der Waals surface area contributed by atoms with Crippen LogP contribution in [-0.4, -0.2) is 55.0 Å². The highest BCUT2D eigenvalue weighted by atomic mass is 35.5. The summed E-state index contributed by atoms with van der Waals surface area (Å²) >= 11 is 0. The van der Waals surface area contributed by atoms with E-state index in [1.54, 1.807) is 5.57 Å². The first-order valence-electron chi connectivity index (χ1n) is 12.0. The monoisotopic (exact) mass is 463 g/mol. The van der Waals surface area contributed by atoms with E-state index >= 15 is 0 Å². The maximum atomic E-state index is 11.4. The van der Waals surface area contributed by atoms with Gasteiger partial charge >= 0.3 is 0 Å². The second-order valence-electron chi connectivity index (χ2n) is 9.35. The molecule has 2 aromatic rings. The van der Waals surface area contributed by atoms with E-state index in [2.05, 4.69) is 70.5 Å². The summed E-state index contributed by atoms with van der Waals surface area (Å²) in [5.74, 6) is -0.0478. The average Bonchev–Trinajstić information content (AvgIpc) is 3.00. The number of benzene rings is 2. The first-order valence-corrected chi connectivity index (χ1v) is 12.0. The lowest BCUT2D eigenvalue weighted by molar-refractivity contribution is -0.123. The molecule has 0 saturated carbocycles. The van der Waals surface area contributed by atoms with Gasteiger partial charge in [-0.1, -0.05) is 66.3 Å². The largest absolute Gasteiger partial charge is 0.369 e. The summed E-state index contributed by atoms with van der Waals surface area (Å²) in [5.41, 5.74) is 13.9. The fourth-order valence-electron chi connectivity index (χ4n) is 5.47. The normalized spacial score (nSPS) is 19.4. The number of hydrogen-bond donors (Lipinski definition) is 1. The molecular weight excluding hydrogens is 430 g/mol. The highest BCUT2D eigenvalue weighted by Crippen LogP contribution is 2.38. The van der Waals surface area contributed by atoms with Gasteiger partial charge in [0.1, 0.15) is 0 Å². The van der Waals surface area contributed by atoms with Gasteiger partial charge in [0.25, 0.3) is 0 Å². The molecule has 0 aromatic heterocycles.